The molecule has 1 nitrogen and oxygen atoms in total. The third-order valence-electron chi connectivity index (χ3n) is 2.39. The lowest BCUT2D eigenvalue weighted by atomic mass is 10.1. The molecule has 2 aromatic rings. The van der Waals surface area contributed by atoms with Crippen LogP contribution in [-0.2, 0) is 0 Å². The van der Waals surface area contributed by atoms with Gasteiger partial charge in [0, 0.05) is 21.2 Å². The molecule has 0 atom stereocenters. The highest BCUT2D eigenvalue weighted by molar-refractivity contribution is 9.10. The number of anilines is 1. The highest BCUT2D eigenvalue weighted by Crippen LogP contribution is 2.12. The number of allylic oxidation sites excluding steroid dienone is 1. The van der Waals surface area contributed by atoms with Crippen molar-refractivity contribution in [2.75, 3.05) is 5.32 Å². The minimum atomic E-state index is 0.811. The van der Waals surface area contributed by atoms with Gasteiger partial charge in [0.05, 0.1) is 0 Å². The van der Waals surface area contributed by atoms with Gasteiger partial charge in [-0.25, -0.2) is 0 Å². The van der Waals surface area contributed by atoms with Gasteiger partial charge in [-0.3, -0.25) is 0 Å². The second-order valence-corrected chi connectivity index (χ2v) is 5.07. The molecular weight excluding hydrogens is 306 g/mol. The zero-order valence-electron chi connectivity index (χ0n) is 9.64. The summed E-state index contributed by atoms with van der Waals surface area (Å²) in [5.41, 5.74) is 2.09. The first-order valence-electron chi connectivity index (χ1n) is 5.54. The molecule has 1 N–H and O–H groups in total. The molecule has 90 valence electrons. The predicted molar refractivity (Wildman–Crippen MR) is 85.0 cm³/mol. The Hall–Kier alpha value is -1.45. The van der Waals surface area contributed by atoms with E-state index in [9.17, 15) is 0 Å². The van der Waals surface area contributed by atoms with E-state index < -0.39 is 0 Å². The molecule has 0 unspecified atom stereocenters. The molecule has 0 saturated heterocycles. The Morgan fingerprint density at radius 3 is 2.33 bits per heavy atom. The van der Waals surface area contributed by atoms with Crippen molar-refractivity contribution in [1.82, 2.24) is 0 Å². The number of benzene rings is 2. The lowest BCUT2D eigenvalue weighted by Crippen LogP contribution is -1.94. The molecule has 0 fully saturated rings. The molecule has 0 spiro atoms. The molecule has 0 aliphatic heterocycles. The first-order valence-corrected chi connectivity index (χ1v) is 6.74. The van der Waals surface area contributed by atoms with Crippen molar-refractivity contribution in [3.63, 3.8) is 0 Å². The van der Waals surface area contributed by atoms with Crippen LogP contribution in [0.3, 0.4) is 0 Å². The Kier molecular flexibility index (Phi) is 4.67. The van der Waals surface area contributed by atoms with Gasteiger partial charge >= 0.3 is 0 Å². The third kappa shape index (κ3) is 3.79. The van der Waals surface area contributed by atoms with E-state index in [1.807, 2.05) is 66.9 Å². The number of rotatable bonds is 4. The maximum atomic E-state index is 5.34. The lowest BCUT2D eigenvalue weighted by Gasteiger charge is -2.01. The summed E-state index contributed by atoms with van der Waals surface area (Å²) in [6, 6.07) is 18.0. The van der Waals surface area contributed by atoms with Crippen molar-refractivity contribution in [3.05, 3.63) is 76.9 Å². The van der Waals surface area contributed by atoms with Gasteiger partial charge in [0.2, 0.25) is 0 Å². The van der Waals surface area contributed by atoms with Crippen molar-refractivity contribution in [1.29, 1.82) is 0 Å². The van der Waals surface area contributed by atoms with Crippen molar-refractivity contribution in [2.24, 2.45) is 0 Å². The van der Waals surface area contributed by atoms with E-state index in [0.717, 1.165) is 20.6 Å². The summed E-state index contributed by atoms with van der Waals surface area (Å²) < 4.78 is 1.06. The number of halogens is 1. The second kappa shape index (κ2) is 6.47. The van der Waals surface area contributed by atoms with Gasteiger partial charge in [-0.1, -0.05) is 58.5 Å². The molecule has 0 aromatic heterocycles. The number of nitrogens with one attached hydrogen (secondary N) is 1. The molecule has 0 bridgehead atoms. The van der Waals surface area contributed by atoms with Crippen LogP contribution in [0.4, 0.5) is 5.69 Å². The second-order valence-electron chi connectivity index (χ2n) is 3.71. The summed E-state index contributed by atoms with van der Waals surface area (Å²) in [5, 5.41) is 3.18. The highest BCUT2D eigenvalue weighted by Gasteiger charge is 1.96. The SMILES string of the molecule is S=C(/C=C\Nc1ccccc1)c1ccc(Br)cc1. The summed E-state index contributed by atoms with van der Waals surface area (Å²) >= 11 is 8.74. The number of hydrogen-bond acceptors (Lipinski definition) is 2. The molecule has 18 heavy (non-hydrogen) atoms. The molecule has 3 heteroatoms. The smallest absolute Gasteiger partial charge is 0.0463 e. The van der Waals surface area contributed by atoms with E-state index in [0.29, 0.717) is 0 Å². The van der Waals surface area contributed by atoms with Crippen LogP contribution in [0.5, 0.6) is 0 Å². The Balaban J connectivity index is 1.97. The van der Waals surface area contributed by atoms with Gasteiger partial charge in [-0.15, -0.1) is 0 Å². The van der Waals surface area contributed by atoms with Gasteiger partial charge in [-0.05, 0) is 35.9 Å². The molecule has 0 aliphatic rings. The number of hydrogen-bond donors (Lipinski definition) is 1. The summed E-state index contributed by atoms with van der Waals surface area (Å²) in [6.07, 6.45) is 3.76. The van der Waals surface area contributed by atoms with Crippen LogP contribution in [-0.4, -0.2) is 4.86 Å². The van der Waals surface area contributed by atoms with Crippen molar-refractivity contribution >= 4 is 38.7 Å². The van der Waals surface area contributed by atoms with Gasteiger partial charge in [0.15, 0.2) is 0 Å². The fourth-order valence-corrected chi connectivity index (χ4v) is 1.93. The molecule has 0 amide bonds. The zero-order chi connectivity index (χ0) is 12.8. The van der Waals surface area contributed by atoms with Crippen LogP contribution in [0, 0.1) is 0 Å². The maximum absolute atomic E-state index is 5.34. The van der Waals surface area contributed by atoms with Crippen LogP contribution >= 0.6 is 28.1 Å². The normalized spacial score (nSPS) is 10.5. The van der Waals surface area contributed by atoms with E-state index in [1.54, 1.807) is 0 Å². The van der Waals surface area contributed by atoms with Crippen molar-refractivity contribution < 1.29 is 0 Å². The summed E-state index contributed by atoms with van der Waals surface area (Å²) in [5.74, 6) is 0. The van der Waals surface area contributed by atoms with Crippen LogP contribution in [0.2, 0.25) is 0 Å². The number of thiocarbonyl (C=S) groups is 1. The van der Waals surface area contributed by atoms with Gasteiger partial charge in [0.25, 0.3) is 0 Å². The van der Waals surface area contributed by atoms with Gasteiger partial charge < -0.3 is 5.32 Å². The van der Waals surface area contributed by atoms with Crippen LogP contribution in [0.1, 0.15) is 5.56 Å². The molecule has 0 saturated carbocycles. The molecule has 0 aliphatic carbocycles. The topological polar surface area (TPSA) is 12.0 Å². The molecule has 2 aromatic carbocycles. The van der Waals surface area contributed by atoms with E-state index in [2.05, 4.69) is 21.2 Å². The summed E-state index contributed by atoms with van der Waals surface area (Å²) in [6.45, 7) is 0. The first-order chi connectivity index (χ1) is 8.75. The Morgan fingerprint density at radius 1 is 1.00 bits per heavy atom. The Morgan fingerprint density at radius 2 is 1.67 bits per heavy atom. The van der Waals surface area contributed by atoms with Crippen molar-refractivity contribution in [2.45, 2.75) is 0 Å². The minimum Gasteiger partial charge on any atom is -0.362 e. The standard InChI is InChI=1S/C15H12BrNS/c16-13-8-6-12(7-9-13)15(18)10-11-17-14-4-2-1-3-5-14/h1-11,17H/b11-10-. The first kappa shape index (κ1) is 13.0. The zero-order valence-corrected chi connectivity index (χ0v) is 12.0. The lowest BCUT2D eigenvalue weighted by molar-refractivity contribution is 1.58. The van der Waals surface area contributed by atoms with Crippen LogP contribution in [0.15, 0.2) is 71.3 Å². The highest BCUT2D eigenvalue weighted by atomic mass is 79.9. The van der Waals surface area contributed by atoms with E-state index in [1.165, 1.54) is 0 Å². The molecular formula is C15H12BrNS. The van der Waals surface area contributed by atoms with Crippen LogP contribution < -0.4 is 5.32 Å². The Labute approximate surface area is 121 Å². The summed E-state index contributed by atoms with van der Waals surface area (Å²) in [7, 11) is 0. The maximum Gasteiger partial charge on any atom is 0.0463 e. The largest absolute Gasteiger partial charge is 0.362 e. The average Bonchev–Trinajstić information content (AvgIpc) is 2.40. The van der Waals surface area contributed by atoms with Crippen molar-refractivity contribution in [3.8, 4) is 0 Å². The van der Waals surface area contributed by atoms with E-state index in [4.69, 9.17) is 12.2 Å². The fourth-order valence-electron chi connectivity index (χ4n) is 1.46. The van der Waals surface area contributed by atoms with Crippen LogP contribution in [0.25, 0.3) is 0 Å². The van der Waals surface area contributed by atoms with Gasteiger partial charge in [0.1, 0.15) is 0 Å². The number of para-hydroxylation sites is 1. The quantitative estimate of drug-likeness (QED) is 0.494. The molecule has 0 radical (unpaired) electrons. The molecule has 2 rings (SSSR count). The Bertz CT molecular complexity index is 546. The fraction of sp³-hybridized carbons (Fsp3) is 0. The monoisotopic (exact) mass is 317 g/mol. The minimum absolute atomic E-state index is 0.811. The average molecular weight is 318 g/mol. The summed E-state index contributed by atoms with van der Waals surface area (Å²) in [4.78, 5) is 0.811. The van der Waals surface area contributed by atoms with E-state index in [-0.39, 0.29) is 0 Å². The van der Waals surface area contributed by atoms with Gasteiger partial charge in [-0.2, -0.15) is 0 Å². The third-order valence-corrected chi connectivity index (χ3v) is 3.29. The predicted octanol–water partition coefficient (Wildman–Crippen LogP) is 4.79. The molecule has 0 heterocycles. The van der Waals surface area contributed by atoms with E-state index >= 15 is 0 Å².